The molecule has 0 unspecified atom stereocenters. The topological polar surface area (TPSA) is 75.3 Å². The molecule has 3 aromatic rings. The number of aromatic nitrogens is 1. The summed E-state index contributed by atoms with van der Waals surface area (Å²) in [5, 5.41) is 2.06. The van der Waals surface area contributed by atoms with E-state index in [0.717, 1.165) is 18.8 Å². The molecule has 0 bridgehead atoms. The largest absolute Gasteiger partial charge is 0.417 e. The third-order valence-corrected chi connectivity index (χ3v) is 4.08. The summed E-state index contributed by atoms with van der Waals surface area (Å²) in [6.45, 7) is 3.71. The molecule has 0 saturated heterocycles. The van der Waals surface area contributed by atoms with Crippen LogP contribution >= 0.6 is 11.3 Å². The predicted molar refractivity (Wildman–Crippen MR) is 82.3 cm³/mol. The summed E-state index contributed by atoms with van der Waals surface area (Å²) in [6, 6.07) is 7.70. The lowest BCUT2D eigenvalue weighted by Crippen LogP contribution is -2.22. The molecule has 0 aliphatic carbocycles. The van der Waals surface area contributed by atoms with Crippen molar-refractivity contribution in [2.45, 2.75) is 13.5 Å². The molecule has 1 aromatic carbocycles. The molecule has 5 nitrogen and oxygen atoms in total. The summed E-state index contributed by atoms with van der Waals surface area (Å²) in [6.07, 6.45) is 0. The van der Waals surface area contributed by atoms with Gasteiger partial charge in [0.25, 0.3) is 0 Å². The highest BCUT2D eigenvalue weighted by atomic mass is 32.1. The first-order valence-corrected chi connectivity index (χ1v) is 7.25. The van der Waals surface area contributed by atoms with Crippen LogP contribution in [-0.4, -0.2) is 11.5 Å². The molecular formula is C14H15N3O2S. The zero-order chi connectivity index (χ0) is 14.1. The molecule has 0 radical (unpaired) electrons. The van der Waals surface area contributed by atoms with Gasteiger partial charge in [-0.25, -0.2) is 4.79 Å². The molecule has 0 aliphatic rings. The molecule has 0 saturated carbocycles. The number of benzene rings is 1. The van der Waals surface area contributed by atoms with E-state index in [0.29, 0.717) is 16.8 Å². The molecule has 3 N–H and O–H groups in total. The summed E-state index contributed by atoms with van der Waals surface area (Å²) in [5.74, 6) is -0.460. The molecule has 2 heterocycles. The summed E-state index contributed by atoms with van der Waals surface area (Å²) >= 11 is 1.72. The van der Waals surface area contributed by atoms with E-state index in [1.54, 1.807) is 17.4 Å². The number of nitrogen functional groups attached to an aromatic ring is 1. The molecule has 0 amide bonds. The van der Waals surface area contributed by atoms with Crippen LogP contribution in [0.1, 0.15) is 11.8 Å². The Hall–Kier alpha value is -2.21. The number of oxazole rings is 1. The third kappa shape index (κ3) is 2.30. The van der Waals surface area contributed by atoms with Crippen molar-refractivity contribution in [1.82, 2.24) is 4.98 Å². The van der Waals surface area contributed by atoms with Crippen LogP contribution in [-0.2, 0) is 6.54 Å². The Morgan fingerprint density at radius 3 is 3.00 bits per heavy atom. The van der Waals surface area contributed by atoms with Crippen LogP contribution in [0.15, 0.2) is 38.9 Å². The minimum atomic E-state index is -0.460. The lowest BCUT2D eigenvalue weighted by atomic mass is 10.2. The van der Waals surface area contributed by atoms with Gasteiger partial charge in [-0.15, -0.1) is 11.3 Å². The van der Waals surface area contributed by atoms with Crippen LogP contribution in [0.4, 0.5) is 11.4 Å². The number of aromatic amines is 1. The number of thiophene rings is 1. The first-order chi connectivity index (χ1) is 9.67. The predicted octanol–water partition coefficient (Wildman–Crippen LogP) is 2.79. The molecule has 2 aromatic heterocycles. The fraction of sp³-hybridized carbons (Fsp3) is 0.214. The van der Waals surface area contributed by atoms with Crippen molar-refractivity contribution >= 4 is 33.8 Å². The van der Waals surface area contributed by atoms with Gasteiger partial charge in [-0.2, -0.15) is 0 Å². The highest BCUT2D eigenvalue weighted by Gasteiger charge is 2.13. The Kier molecular flexibility index (Phi) is 3.23. The third-order valence-electron chi connectivity index (χ3n) is 3.22. The maximum atomic E-state index is 11.2. The monoisotopic (exact) mass is 289 g/mol. The van der Waals surface area contributed by atoms with Crippen molar-refractivity contribution in [3.8, 4) is 0 Å². The average Bonchev–Trinajstić information content (AvgIpc) is 3.03. The van der Waals surface area contributed by atoms with Gasteiger partial charge in [0, 0.05) is 17.5 Å². The minimum Gasteiger partial charge on any atom is -0.408 e. The van der Waals surface area contributed by atoms with Gasteiger partial charge in [0.05, 0.1) is 23.4 Å². The summed E-state index contributed by atoms with van der Waals surface area (Å²) in [5.41, 5.74) is 8.76. The maximum Gasteiger partial charge on any atom is 0.417 e. The van der Waals surface area contributed by atoms with E-state index in [1.165, 1.54) is 4.88 Å². The molecular weight excluding hydrogens is 274 g/mol. The quantitative estimate of drug-likeness (QED) is 0.724. The molecule has 0 fully saturated rings. The van der Waals surface area contributed by atoms with E-state index in [4.69, 9.17) is 10.2 Å². The van der Waals surface area contributed by atoms with Gasteiger partial charge in [0.15, 0.2) is 5.58 Å². The second kappa shape index (κ2) is 5.05. The SMILES string of the molecule is CCN(Cc1cccs1)c1cc2[nH]c(=O)oc2cc1N. The maximum absolute atomic E-state index is 11.2. The first kappa shape index (κ1) is 12.8. The minimum absolute atomic E-state index is 0.460. The standard InChI is InChI=1S/C14H15N3O2S/c1-2-17(8-9-4-3-5-20-9)12-7-11-13(6-10(12)15)19-14(18)16-11/h3-7H,2,8,15H2,1H3,(H,16,18). The van der Waals surface area contributed by atoms with E-state index in [2.05, 4.69) is 28.3 Å². The number of fused-ring (bicyclic) bond motifs is 1. The van der Waals surface area contributed by atoms with Crippen LogP contribution in [0.25, 0.3) is 11.1 Å². The number of H-pyrrole nitrogens is 1. The van der Waals surface area contributed by atoms with Crippen molar-refractivity contribution in [3.63, 3.8) is 0 Å². The van der Waals surface area contributed by atoms with E-state index in [1.807, 2.05) is 12.1 Å². The van der Waals surface area contributed by atoms with Crippen LogP contribution in [0.3, 0.4) is 0 Å². The van der Waals surface area contributed by atoms with Crippen molar-refractivity contribution in [3.05, 3.63) is 45.1 Å². The van der Waals surface area contributed by atoms with Crippen LogP contribution in [0.2, 0.25) is 0 Å². The molecule has 104 valence electrons. The number of rotatable bonds is 4. The smallest absolute Gasteiger partial charge is 0.408 e. The van der Waals surface area contributed by atoms with E-state index < -0.39 is 5.76 Å². The second-order valence-corrected chi connectivity index (χ2v) is 5.55. The van der Waals surface area contributed by atoms with Gasteiger partial charge in [-0.05, 0) is 24.4 Å². The molecule has 20 heavy (non-hydrogen) atoms. The number of nitrogens with one attached hydrogen (secondary N) is 1. The highest BCUT2D eigenvalue weighted by molar-refractivity contribution is 7.09. The summed E-state index contributed by atoms with van der Waals surface area (Å²) in [4.78, 5) is 17.3. The normalized spacial score (nSPS) is 11.1. The van der Waals surface area contributed by atoms with Gasteiger partial charge >= 0.3 is 5.76 Å². The van der Waals surface area contributed by atoms with Crippen molar-refractivity contribution in [1.29, 1.82) is 0 Å². The number of nitrogens with two attached hydrogens (primary N) is 1. The Labute approximate surface area is 119 Å². The Balaban J connectivity index is 2.01. The van der Waals surface area contributed by atoms with Crippen LogP contribution in [0.5, 0.6) is 0 Å². The van der Waals surface area contributed by atoms with Crippen LogP contribution < -0.4 is 16.4 Å². The fourth-order valence-corrected chi connectivity index (χ4v) is 2.95. The Bertz CT molecular complexity index is 773. The molecule has 6 heteroatoms. The fourth-order valence-electron chi connectivity index (χ4n) is 2.23. The van der Waals surface area contributed by atoms with Gasteiger partial charge in [-0.3, -0.25) is 4.98 Å². The van der Waals surface area contributed by atoms with Gasteiger partial charge in [-0.1, -0.05) is 6.07 Å². The van der Waals surface area contributed by atoms with E-state index in [-0.39, 0.29) is 0 Å². The van der Waals surface area contributed by atoms with Crippen molar-refractivity contribution in [2.24, 2.45) is 0 Å². The van der Waals surface area contributed by atoms with Gasteiger partial charge in [0.2, 0.25) is 0 Å². The van der Waals surface area contributed by atoms with E-state index in [9.17, 15) is 4.79 Å². The van der Waals surface area contributed by atoms with Gasteiger partial charge < -0.3 is 15.1 Å². The van der Waals surface area contributed by atoms with Crippen LogP contribution in [0, 0.1) is 0 Å². The number of hydrogen-bond acceptors (Lipinski definition) is 5. The number of nitrogens with zero attached hydrogens (tertiary/aromatic N) is 1. The molecule has 0 aliphatic heterocycles. The highest BCUT2D eigenvalue weighted by Crippen LogP contribution is 2.29. The Morgan fingerprint density at radius 2 is 2.30 bits per heavy atom. The number of hydrogen-bond donors (Lipinski definition) is 2. The van der Waals surface area contributed by atoms with Gasteiger partial charge in [0.1, 0.15) is 0 Å². The number of anilines is 2. The molecule has 0 spiro atoms. The van der Waals surface area contributed by atoms with Crippen molar-refractivity contribution < 1.29 is 4.42 Å². The zero-order valence-corrected chi connectivity index (χ0v) is 11.9. The van der Waals surface area contributed by atoms with Crippen molar-refractivity contribution in [2.75, 3.05) is 17.2 Å². The summed E-state index contributed by atoms with van der Waals surface area (Å²) in [7, 11) is 0. The lowest BCUT2D eigenvalue weighted by Gasteiger charge is -2.24. The Morgan fingerprint density at radius 1 is 1.45 bits per heavy atom. The average molecular weight is 289 g/mol. The summed E-state index contributed by atoms with van der Waals surface area (Å²) < 4.78 is 5.02. The first-order valence-electron chi connectivity index (χ1n) is 6.37. The second-order valence-electron chi connectivity index (χ2n) is 4.52. The molecule has 3 rings (SSSR count). The lowest BCUT2D eigenvalue weighted by molar-refractivity contribution is 0.555. The molecule has 0 atom stereocenters. The van der Waals surface area contributed by atoms with E-state index >= 15 is 0 Å². The zero-order valence-electron chi connectivity index (χ0n) is 11.1.